The van der Waals surface area contributed by atoms with Crippen molar-refractivity contribution < 1.29 is 4.39 Å². The second-order valence-electron chi connectivity index (χ2n) is 5.94. The number of terminal acetylenes is 1. The Morgan fingerprint density at radius 2 is 1.88 bits per heavy atom. The third-order valence-corrected chi connectivity index (χ3v) is 5.03. The molecule has 0 radical (unpaired) electrons. The van der Waals surface area contributed by atoms with Gasteiger partial charge in [-0.05, 0) is 62.4 Å². The second-order valence-corrected chi connectivity index (χ2v) is 5.94. The van der Waals surface area contributed by atoms with Crippen molar-refractivity contribution in [2.75, 3.05) is 13.1 Å². The Hall–Kier alpha value is -0.550. The van der Waals surface area contributed by atoms with E-state index in [-0.39, 0.29) is 5.92 Å². The lowest BCUT2D eigenvalue weighted by atomic mass is 9.59. The summed E-state index contributed by atoms with van der Waals surface area (Å²) >= 11 is 0. The lowest BCUT2D eigenvalue weighted by Crippen LogP contribution is -2.49. The van der Waals surface area contributed by atoms with Crippen molar-refractivity contribution in [1.29, 1.82) is 0 Å². The standard InChI is InChI=1S/C14H20FN/c1-2-10-5-11-3-9-4-12(8-16-7-9)13(11)6-14(10)15/h1,9-14,16H,3-8H2. The number of piperidine rings is 1. The zero-order chi connectivity index (χ0) is 11.1. The van der Waals surface area contributed by atoms with E-state index in [4.69, 9.17) is 6.42 Å². The van der Waals surface area contributed by atoms with E-state index in [0.717, 1.165) is 31.2 Å². The minimum atomic E-state index is -0.746. The quantitative estimate of drug-likeness (QED) is 0.619. The van der Waals surface area contributed by atoms with E-state index in [0.29, 0.717) is 11.8 Å². The molecule has 1 aliphatic heterocycles. The van der Waals surface area contributed by atoms with E-state index in [2.05, 4.69) is 11.2 Å². The Morgan fingerprint density at radius 3 is 2.69 bits per heavy atom. The molecule has 0 spiro atoms. The van der Waals surface area contributed by atoms with E-state index in [1.807, 2.05) is 0 Å². The van der Waals surface area contributed by atoms with Crippen LogP contribution in [0.25, 0.3) is 0 Å². The minimum Gasteiger partial charge on any atom is -0.316 e. The highest BCUT2D eigenvalue weighted by molar-refractivity contribution is 5.05. The third kappa shape index (κ3) is 1.66. The van der Waals surface area contributed by atoms with Gasteiger partial charge < -0.3 is 5.32 Å². The van der Waals surface area contributed by atoms with E-state index in [1.54, 1.807) is 0 Å². The number of rotatable bonds is 0. The fourth-order valence-electron chi connectivity index (χ4n) is 4.29. The number of hydrogen-bond acceptors (Lipinski definition) is 1. The molecule has 3 aliphatic rings. The lowest BCUT2D eigenvalue weighted by molar-refractivity contribution is 0.000190. The first kappa shape index (κ1) is 10.6. The first-order chi connectivity index (χ1) is 7.78. The summed E-state index contributed by atoms with van der Waals surface area (Å²) in [6.07, 6.45) is 8.94. The van der Waals surface area contributed by atoms with Gasteiger partial charge in [0.1, 0.15) is 6.17 Å². The van der Waals surface area contributed by atoms with Gasteiger partial charge in [-0.1, -0.05) is 0 Å². The summed E-state index contributed by atoms with van der Waals surface area (Å²) in [5.41, 5.74) is 0. The van der Waals surface area contributed by atoms with Gasteiger partial charge >= 0.3 is 0 Å². The van der Waals surface area contributed by atoms with Crippen molar-refractivity contribution in [3.63, 3.8) is 0 Å². The molecule has 3 rings (SSSR count). The Kier molecular flexibility index (Phi) is 2.67. The molecule has 0 aromatic carbocycles. The average molecular weight is 221 g/mol. The van der Waals surface area contributed by atoms with E-state index >= 15 is 0 Å². The van der Waals surface area contributed by atoms with Crippen LogP contribution in [0.3, 0.4) is 0 Å². The van der Waals surface area contributed by atoms with E-state index in [1.165, 1.54) is 19.4 Å². The van der Waals surface area contributed by atoms with Crippen molar-refractivity contribution >= 4 is 0 Å². The molecule has 0 amide bonds. The Bertz CT molecular complexity index is 308. The number of alkyl halides is 1. The summed E-state index contributed by atoms with van der Waals surface area (Å²) in [6, 6.07) is 0. The van der Waals surface area contributed by atoms with Gasteiger partial charge in [0.15, 0.2) is 0 Å². The fraction of sp³-hybridized carbons (Fsp3) is 0.857. The molecule has 1 saturated heterocycles. The summed E-state index contributed by atoms with van der Waals surface area (Å²) in [5.74, 6) is 5.41. The molecule has 6 atom stereocenters. The molecule has 0 aromatic heterocycles. The lowest BCUT2D eigenvalue weighted by Gasteiger charge is -2.49. The van der Waals surface area contributed by atoms with Crippen molar-refractivity contribution in [3.05, 3.63) is 0 Å². The molecule has 6 unspecified atom stereocenters. The minimum absolute atomic E-state index is 0.104. The van der Waals surface area contributed by atoms with Crippen molar-refractivity contribution in [1.82, 2.24) is 5.32 Å². The Labute approximate surface area is 97.2 Å². The van der Waals surface area contributed by atoms with Crippen LogP contribution < -0.4 is 5.32 Å². The van der Waals surface area contributed by atoms with Gasteiger partial charge in [0.05, 0.1) is 5.92 Å². The van der Waals surface area contributed by atoms with Crippen LogP contribution in [0.4, 0.5) is 4.39 Å². The van der Waals surface area contributed by atoms with Crippen LogP contribution in [0.2, 0.25) is 0 Å². The fourth-order valence-corrected chi connectivity index (χ4v) is 4.29. The van der Waals surface area contributed by atoms with Gasteiger partial charge in [-0.2, -0.15) is 0 Å². The number of fused-ring (bicyclic) bond motifs is 4. The zero-order valence-electron chi connectivity index (χ0n) is 9.66. The van der Waals surface area contributed by atoms with Gasteiger partial charge in [-0.25, -0.2) is 4.39 Å². The number of halogens is 1. The Morgan fingerprint density at radius 1 is 1.06 bits per heavy atom. The Balaban J connectivity index is 1.77. The molecule has 88 valence electrons. The molecule has 0 aromatic rings. The molecule has 1 heterocycles. The van der Waals surface area contributed by atoms with Crippen LogP contribution in [-0.4, -0.2) is 19.3 Å². The summed E-state index contributed by atoms with van der Waals surface area (Å²) < 4.78 is 13.9. The topological polar surface area (TPSA) is 12.0 Å². The van der Waals surface area contributed by atoms with Crippen LogP contribution in [0.15, 0.2) is 0 Å². The van der Waals surface area contributed by atoms with Gasteiger partial charge in [-0.15, -0.1) is 12.3 Å². The van der Waals surface area contributed by atoms with Crippen LogP contribution in [0, 0.1) is 41.9 Å². The van der Waals surface area contributed by atoms with Crippen molar-refractivity contribution in [2.24, 2.45) is 29.6 Å². The molecule has 2 saturated carbocycles. The molecular formula is C14H20FN. The highest BCUT2D eigenvalue weighted by atomic mass is 19.1. The summed E-state index contributed by atoms with van der Waals surface area (Å²) in [6.45, 7) is 2.27. The third-order valence-electron chi connectivity index (χ3n) is 5.03. The molecule has 1 nitrogen and oxygen atoms in total. The number of hydrogen-bond donors (Lipinski definition) is 1. The summed E-state index contributed by atoms with van der Waals surface area (Å²) in [4.78, 5) is 0. The van der Waals surface area contributed by atoms with Gasteiger partial charge in [0, 0.05) is 0 Å². The van der Waals surface area contributed by atoms with Crippen LogP contribution >= 0.6 is 0 Å². The highest BCUT2D eigenvalue weighted by Crippen LogP contribution is 2.49. The molecule has 2 aliphatic carbocycles. The molecule has 1 N–H and O–H groups in total. The van der Waals surface area contributed by atoms with Crippen LogP contribution in [0.1, 0.15) is 25.7 Å². The van der Waals surface area contributed by atoms with Crippen molar-refractivity contribution in [2.45, 2.75) is 31.9 Å². The van der Waals surface area contributed by atoms with Crippen LogP contribution in [-0.2, 0) is 0 Å². The first-order valence-corrected chi connectivity index (χ1v) is 6.59. The molecule has 2 heteroatoms. The SMILES string of the molecule is C#CC1CC2CC3CNCC(C3)C2CC1F. The van der Waals surface area contributed by atoms with Gasteiger partial charge in [0.25, 0.3) is 0 Å². The maximum atomic E-state index is 13.9. The maximum Gasteiger partial charge on any atom is 0.114 e. The largest absolute Gasteiger partial charge is 0.316 e. The normalized spacial score (nSPS) is 51.5. The van der Waals surface area contributed by atoms with Crippen LogP contribution in [0.5, 0.6) is 0 Å². The zero-order valence-corrected chi connectivity index (χ0v) is 9.66. The van der Waals surface area contributed by atoms with Crippen molar-refractivity contribution in [3.8, 4) is 12.3 Å². The van der Waals surface area contributed by atoms with Gasteiger partial charge in [0.2, 0.25) is 0 Å². The molecule has 3 fully saturated rings. The summed E-state index contributed by atoms with van der Waals surface area (Å²) in [5, 5.41) is 3.50. The molecular weight excluding hydrogens is 201 g/mol. The smallest absolute Gasteiger partial charge is 0.114 e. The second kappa shape index (κ2) is 4.04. The highest BCUT2D eigenvalue weighted by Gasteiger charge is 2.45. The van der Waals surface area contributed by atoms with Gasteiger partial charge in [-0.3, -0.25) is 0 Å². The predicted octanol–water partition coefficient (Wildman–Crippen LogP) is 2.23. The maximum absolute atomic E-state index is 13.9. The molecule has 2 bridgehead atoms. The first-order valence-electron chi connectivity index (χ1n) is 6.59. The monoisotopic (exact) mass is 221 g/mol. The number of nitrogens with one attached hydrogen (secondary N) is 1. The average Bonchev–Trinajstić information content (AvgIpc) is 2.30. The predicted molar refractivity (Wildman–Crippen MR) is 62.5 cm³/mol. The molecule has 16 heavy (non-hydrogen) atoms. The van der Waals surface area contributed by atoms with E-state index < -0.39 is 6.17 Å². The van der Waals surface area contributed by atoms with E-state index in [9.17, 15) is 4.39 Å². The summed E-state index contributed by atoms with van der Waals surface area (Å²) in [7, 11) is 0.